The summed E-state index contributed by atoms with van der Waals surface area (Å²) in [5, 5.41) is 13.5. The van der Waals surface area contributed by atoms with Crippen molar-refractivity contribution < 1.29 is 31.5 Å². The lowest BCUT2D eigenvalue weighted by Crippen LogP contribution is -2.51. The highest BCUT2D eigenvalue weighted by Gasteiger charge is 2.39. The minimum Gasteiger partial charge on any atom is -0.329 e. The fraction of sp³-hybridized carbons (Fsp3) is 0.222. The highest BCUT2D eigenvalue weighted by Crippen LogP contribution is 2.35. The smallest absolute Gasteiger partial charge is 0.329 e. The quantitative estimate of drug-likeness (QED) is 0.370. The number of urea groups is 1. The second kappa shape index (κ2) is 9.54. The van der Waals surface area contributed by atoms with Crippen LogP contribution in [0.1, 0.15) is 18.7 Å². The molecular weight excluding hydrogens is 491 g/mol. The van der Waals surface area contributed by atoms with Crippen molar-refractivity contribution in [3.05, 3.63) is 46.7 Å². The summed E-state index contributed by atoms with van der Waals surface area (Å²) in [6.45, 7) is 1.30. The van der Waals surface area contributed by atoms with Gasteiger partial charge in [-0.05, 0) is 35.9 Å². The van der Waals surface area contributed by atoms with Gasteiger partial charge in [0.25, 0.3) is 0 Å². The van der Waals surface area contributed by atoms with E-state index in [-0.39, 0.29) is 33.2 Å². The van der Waals surface area contributed by atoms with Crippen molar-refractivity contribution in [1.82, 2.24) is 41.4 Å². The molecule has 0 aliphatic heterocycles. The Hall–Kier alpha value is -3.88. The molecule has 1 aromatic carbocycles. The van der Waals surface area contributed by atoms with E-state index in [1.165, 1.54) is 31.7 Å². The van der Waals surface area contributed by atoms with Gasteiger partial charge in [-0.2, -0.15) is 18.0 Å². The number of aromatic nitrogens is 5. The Morgan fingerprint density at radius 2 is 1.82 bits per heavy atom. The summed E-state index contributed by atoms with van der Waals surface area (Å²) in [4.78, 5) is 27.5. The lowest BCUT2D eigenvalue weighted by Gasteiger charge is -2.16. The van der Waals surface area contributed by atoms with Gasteiger partial charge in [0.2, 0.25) is 5.82 Å². The molecule has 0 saturated heterocycles. The monoisotopic (exact) mass is 504 g/mol. The first-order valence-corrected chi connectivity index (χ1v) is 9.57. The number of tetrazole rings is 1. The molecule has 0 aliphatic carbocycles. The Bertz CT molecular complexity index is 1250. The number of carbonyl (C=O) groups excluding carboxylic acids is 2. The van der Waals surface area contributed by atoms with Gasteiger partial charge in [0.1, 0.15) is 11.6 Å². The number of alkyl halides is 3. The van der Waals surface area contributed by atoms with E-state index in [4.69, 9.17) is 11.6 Å². The highest BCUT2D eigenvalue weighted by atomic mass is 35.5. The van der Waals surface area contributed by atoms with Crippen molar-refractivity contribution >= 4 is 23.5 Å². The molecular formula is C18H14ClF5N8O2. The van der Waals surface area contributed by atoms with Crippen LogP contribution < -0.4 is 16.2 Å². The van der Waals surface area contributed by atoms with Crippen molar-refractivity contribution in [3.8, 4) is 22.5 Å². The zero-order chi connectivity index (χ0) is 25.2. The maximum absolute atomic E-state index is 14.8. The molecule has 0 aliphatic rings. The van der Waals surface area contributed by atoms with E-state index < -0.39 is 35.8 Å². The van der Waals surface area contributed by atoms with Crippen LogP contribution >= 0.6 is 11.6 Å². The third-order valence-electron chi connectivity index (χ3n) is 4.27. The van der Waals surface area contributed by atoms with Crippen LogP contribution in [-0.4, -0.2) is 43.3 Å². The Balaban J connectivity index is 1.83. The standard InChI is InChI=1S/C18H14ClF5N8O2/c1-7(26-17(34)29-28-16(33)18(22,23)24)14-12(21)3-8(6-25-14)10-4-9(19)5-11(20)13(10)15-27-31-32(2)30-15/h3-7H,1-2H3,(H,28,33)(H2,26,29,34). The molecule has 0 spiro atoms. The van der Waals surface area contributed by atoms with Crippen molar-refractivity contribution in [2.75, 3.05) is 0 Å². The summed E-state index contributed by atoms with van der Waals surface area (Å²) in [6.07, 6.45) is -4.03. The first-order chi connectivity index (χ1) is 15.9. The van der Waals surface area contributed by atoms with Crippen LogP contribution in [0.25, 0.3) is 22.5 Å². The number of pyridine rings is 1. The van der Waals surface area contributed by atoms with Gasteiger partial charge >= 0.3 is 18.1 Å². The first kappa shape index (κ1) is 24.8. The Kier molecular flexibility index (Phi) is 6.95. The van der Waals surface area contributed by atoms with Crippen LogP contribution in [-0.2, 0) is 11.8 Å². The van der Waals surface area contributed by atoms with Gasteiger partial charge in [0, 0.05) is 16.8 Å². The zero-order valence-corrected chi connectivity index (χ0v) is 18.0. The maximum Gasteiger partial charge on any atom is 0.472 e. The number of benzene rings is 1. The largest absolute Gasteiger partial charge is 0.472 e. The summed E-state index contributed by atoms with van der Waals surface area (Å²) in [5.74, 6) is -4.19. The number of amides is 3. The van der Waals surface area contributed by atoms with Crippen LogP contribution in [0.5, 0.6) is 0 Å². The van der Waals surface area contributed by atoms with Crippen LogP contribution in [0.15, 0.2) is 24.4 Å². The van der Waals surface area contributed by atoms with Gasteiger partial charge in [-0.3, -0.25) is 15.2 Å². The molecule has 3 amide bonds. The summed E-state index contributed by atoms with van der Waals surface area (Å²) in [6, 6.07) is 0.994. The van der Waals surface area contributed by atoms with Crippen molar-refractivity contribution in [1.29, 1.82) is 0 Å². The van der Waals surface area contributed by atoms with Crippen molar-refractivity contribution in [3.63, 3.8) is 0 Å². The van der Waals surface area contributed by atoms with E-state index in [0.717, 1.165) is 22.4 Å². The fourth-order valence-electron chi connectivity index (χ4n) is 2.81. The van der Waals surface area contributed by atoms with Gasteiger partial charge in [-0.1, -0.05) is 11.6 Å². The summed E-state index contributed by atoms with van der Waals surface area (Å²) in [7, 11) is 1.47. The number of halogens is 6. The van der Waals surface area contributed by atoms with Crippen LogP contribution in [0.2, 0.25) is 5.02 Å². The third-order valence-corrected chi connectivity index (χ3v) is 4.49. The Morgan fingerprint density at radius 3 is 2.41 bits per heavy atom. The number of nitrogens with one attached hydrogen (secondary N) is 3. The maximum atomic E-state index is 14.8. The number of carbonyl (C=O) groups is 2. The number of hydrogen-bond donors (Lipinski definition) is 3. The molecule has 1 atom stereocenters. The molecule has 3 aromatic rings. The lowest BCUT2D eigenvalue weighted by atomic mass is 9.99. The van der Waals surface area contributed by atoms with Crippen molar-refractivity contribution in [2.45, 2.75) is 19.1 Å². The van der Waals surface area contributed by atoms with E-state index >= 15 is 0 Å². The van der Waals surface area contributed by atoms with E-state index in [2.05, 4.69) is 25.7 Å². The molecule has 3 N–H and O–H groups in total. The number of aryl methyl sites for hydroxylation is 1. The molecule has 0 saturated carbocycles. The second-order valence-electron chi connectivity index (χ2n) is 6.78. The summed E-state index contributed by atoms with van der Waals surface area (Å²) < 4.78 is 66.0. The predicted molar refractivity (Wildman–Crippen MR) is 107 cm³/mol. The van der Waals surface area contributed by atoms with Gasteiger partial charge in [-0.15, -0.1) is 10.2 Å². The topological polar surface area (TPSA) is 127 Å². The van der Waals surface area contributed by atoms with Crippen molar-refractivity contribution in [2.24, 2.45) is 7.05 Å². The number of rotatable bonds is 4. The lowest BCUT2D eigenvalue weighted by molar-refractivity contribution is -0.174. The molecule has 10 nitrogen and oxygen atoms in total. The Labute approximate surface area is 192 Å². The Morgan fingerprint density at radius 1 is 1.12 bits per heavy atom. The number of hydrogen-bond acceptors (Lipinski definition) is 6. The highest BCUT2D eigenvalue weighted by molar-refractivity contribution is 6.31. The normalized spacial score (nSPS) is 12.2. The first-order valence-electron chi connectivity index (χ1n) is 9.19. The van der Waals surface area contributed by atoms with Crippen LogP contribution in [0.4, 0.5) is 26.7 Å². The molecule has 16 heteroatoms. The fourth-order valence-corrected chi connectivity index (χ4v) is 3.02. The van der Waals surface area contributed by atoms with Gasteiger partial charge in [-0.25, -0.2) is 19.0 Å². The van der Waals surface area contributed by atoms with Gasteiger partial charge in [0.15, 0.2) is 0 Å². The van der Waals surface area contributed by atoms with Gasteiger partial charge in [0.05, 0.1) is 24.3 Å². The molecule has 0 bridgehead atoms. The molecule has 3 rings (SSSR count). The minimum atomic E-state index is -5.21. The molecule has 34 heavy (non-hydrogen) atoms. The van der Waals surface area contributed by atoms with E-state index in [1.807, 2.05) is 0 Å². The minimum absolute atomic E-state index is 0.0113. The number of nitrogens with zero attached hydrogens (tertiary/aromatic N) is 5. The van der Waals surface area contributed by atoms with Crippen LogP contribution in [0.3, 0.4) is 0 Å². The number of hydrazine groups is 1. The summed E-state index contributed by atoms with van der Waals surface area (Å²) in [5.41, 5.74) is 2.46. The molecule has 1 unspecified atom stereocenters. The zero-order valence-electron chi connectivity index (χ0n) is 17.2. The molecule has 0 radical (unpaired) electrons. The van der Waals surface area contributed by atoms with E-state index in [0.29, 0.717) is 0 Å². The third kappa shape index (κ3) is 5.54. The predicted octanol–water partition coefficient (Wildman–Crippen LogP) is 2.82. The second-order valence-corrected chi connectivity index (χ2v) is 7.21. The average Bonchev–Trinajstić information content (AvgIpc) is 3.16. The molecule has 0 fully saturated rings. The van der Waals surface area contributed by atoms with E-state index in [1.54, 1.807) is 0 Å². The van der Waals surface area contributed by atoms with Gasteiger partial charge < -0.3 is 5.32 Å². The van der Waals surface area contributed by atoms with Crippen LogP contribution in [0, 0.1) is 11.6 Å². The SMILES string of the molecule is CC(NC(=O)NNC(=O)C(F)(F)F)c1ncc(-c2cc(Cl)cc(F)c2-c2nnn(C)n2)cc1F. The summed E-state index contributed by atoms with van der Waals surface area (Å²) >= 11 is 5.95. The molecule has 180 valence electrons. The molecule has 2 heterocycles. The molecule has 2 aromatic heterocycles. The average molecular weight is 505 g/mol. The van der Waals surface area contributed by atoms with E-state index in [9.17, 15) is 31.5 Å².